The average Bonchev–Trinajstić information content (AvgIpc) is 3.28. The van der Waals surface area contributed by atoms with Gasteiger partial charge in [0.05, 0.1) is 12.4 Å². The molecule has 6 nitrogen and oxygen atoms in total. The van der Waals surface area contributed by atoms with Gasteiger partial charge < -0.3 is 14.6 Å². The van der Waals surface area contributed by atoms with E-state index in [2.05, 4.69) is 55.2 Å². The van der Waals surface area contributed by atoms with Crippen LogP contribution in [0, 0.1) is 0 Å². The number of aromatic nitrogens is 4. The minimum absolute atomic E-state index is 0.272. The van der Waals surface area contributed by atoms with Crippen LogP contribution in [0.2, 0.25) is 0 Å². The number of H-pyrrole nitrogens is 1. The molecule has 24 heavy (non-hydrogen) atoms. The number of aryl methyl sites for hydroxylation is 1. The van der Waals surface area contributed by atoms with Crippen LogP contribution < -0.4 is 4.90 Å². The third-order valence-corrected chi connectivity index (χ3v) is 4.45. The lowest BCUT2D eigenvalue weighted by molar-refractivity contribution is 0.0667. The highest BCUT2D eigenvalue weighted by molar-refractivity contribution is 5.82. The molecule has 0 saturated carbocycles. The number of imidazole rings is 1. The first-order chi connectivity index (χ1) is 11.9. The third kappa shape index (κ3) is 3.23. The zero-order valence-corrected chi connectivity index (χ0v) is 13.6. The van der Waals surface area contributed by atoms with Gasteiger partial charge in [-0.05, 0) is 24.8 Å². The summed E-state index contributed by atoms with van der Waals surface area (Å²) in [5.74, 6) is 0.924. The number of fused-ring (bicyclic) bond motifs is 1. The number of rotatable bonds is 6. The maximum atomic E-state index is 6.06. The third-order valence-electron chi connectivity index (χ3n) is 4.45. The molecule has 3 heterocycles. The first kappa shape index (κ1) is 15.1. The molecule has 1 aliphatic rings. The number of benzene rings is 1. The zero-order valence-electron chi connectivity index (χ0n) is 13.6. The fourth-order valence-corrected chi connectivity index (χ4v) is 3.22. The fourth-order valence-electron chi connectivity index (χ4n) is 3.22. The summed E-state index contributed by atoms with van der Waals surface area (Å²) in [6, 6.07) is 10.6. The van der Waals surface area contributed by atoms with Gasteiger partial charge in [-0.1, -0.05) is 30.3 Å². The molecule has 0 aliphatic carbocycles. The number of ether oxygens (including phenoxy) is 1. The lowest BCUT2D eigenvalue weighted by atomic mass is 10.1. The van der Waals surface area contributed by atoms with Crippen molar-refractivity contribution in [1.82, 2.24) is 19.9 Å². The summed E-state index contributed by atoms with van der Waals surface area (Å²) in [6.45, 7) is 2.63. The van der Waals surface area contributed by atoms with E-state index in [1.807, 2.05) is 0 Å². The van der Waals surface area contributed by atoms with Crippen LogP contribution in [-0.4, -0.2) is 45.7 Å². The SMILES string of the molecule is c1ccc(CCCO[C@H]2CCN(c3ncnc4nc[nH]c34)C2)cc1. The van der Waals surface area contributed by atoms with Crippen LogP contribution in [0.4, 0.5) is 5.82 Å². The maximum absolute atomic E-state index is 6.06. The van der Waals surface area contributed by atoms with Gasteiger partial charge in [-0.15, -0.1) is 0 Å². The highest BCUT2D eigenvalue weighted by Gasteiger charge is 2.25. The Labute approximate surface area is 140 Å². The van der Waals surface area contributed by atoms with Crippen molar-refractivity contribution in [1.29, 1.82) is 0 Å². The molecule has 0 bridgehead atoms. The Hall–Kier alpha value is -2.47. The Bertz CT molecular complexity index is 788. The number of nitrogens with zero attached hydrogens (tertiary/aromatic N) is 4. The molecule has 0 unspecified atom stereocenters. The van der Waals surface area contributed by atoms with Crippen molar-refractivity contribution in [2.45, 2.75) is 25.4 Å². The molecular weight excluding hydrogens is 302 g/mol. The largest absolute Gasteiger partial charge is 0.376 e. The Balaban J connectivity index is 1.28. The molecule has 1 saturated heterocycles. The highest BCUT2D eigenvalue weighted by Crippen LogP contribution is 2.24. The average molecular weight is 323 g/mol. The van der Waals surface area contributed by atoms with E-state index in [-0.39, 0.29) is 6.10 Å². The van der Waals surface area contributed by atoms with Gasteiger partial charge in [0.15, 0.2) is 11.5 Å². The predicted octanol–water partition coefficient (Wildman–Crippen LogP) is 2.58. The summed E-state index contributed by atoms with van der Waals surface area (Å²) in [7, 11) is 0. The summed E-state index contributed by atoms with van der Waals surface area (Å²) >= 11 is 0. The van der Waals surface area contributed by atoms with Crippen molar-refractivity contribution in [2.24, 2.45) is 0 Å². The van der Waals surface area contributed by atoms with Crippen LogP contribution in [-0.2, 0) is 11.2 Å². The number of hydrogen-bond acceptors (Lipinski definition) is 5. The summed E-state index contributed by atoms with van der Waals surface area (Å²) in [5.41, 5.74) is 2.99. The molecule has 6 heteroatoms. The molecule has 0 amide bonds. The molecule has 124 valence electrons. The Morgan fingerprint density at radius 2 is 2.08 bits per heavy atom. The molecule has 1 atom stereocenters. The maximum Gasteiger partial charge on any atom is 0.182 e. The first-order valence-corrected chi connectivity index (χ1v) is 8.45. The standard InChI is InChI=1S/C18H21N5O/c1-2-5-14(6-3-1)7-4-10-24-15-8-9-23(11-15)18-16-17(20-12-19-16)21-13-22-18/h1-3,5-6,12-13,15H,4,7-11H2,(H,19,20,21,22)/t15-/m0/s1. The van der Waals surface area contributed by atoms with E-state index in [9.17, 15) is 0 Å². The van der Waals surface area contributed by atoms with Crippen LogP contribution in [0.1, 0.15) is 18.4 Å². The second kappa shape index (κ2) is 6.97. The van der Waals surface area contributed by atoms with Crippen molar-refractivity contribution < 1.29 is 4.74 Å². The molecule has 2 aromatic heterocycles. The quantitative estimate of drug-likeness (QED) is 0.706. The van der Waals surface area contributed by atoms with Gasteiger partial charge in [-0.2, -0.15) is 0 Å². The second-order valence-electron chi connectivity index (χ2n) is 6.12. The van der Waals surface area contributed by atoms with Gasteiger partial charge in [0.1, 0.15) is 11.8 Å². The van der Waals surface area contributed by atoms with Crippen LogP contribution >= 0.6 is 0 Å². The molecule has 1 N–H and O–H groups in total. The molecule has 0 spiro atoms. The topological polar surface area (TPSA) is 66.9 Å². The minimum Gasteiger partial charge on any atom is -0.376 e. The van der Waals surface area contributed by atoms with Crippen molar-refractivity contribution in [3.8, 4) is 0 Å². The van der Waals surface area contributed by atoms with Crippen molar-refractivity contribution in [3.63, 3.8) is 0 Å². The fraction of sp³-hybridized carbons (Fsp3) is 0.389. The Kier molecular flexibility index (Phi) is 4.38. The van der Waals surface area contributed by atoms with Crippen molar-refractivity contribution >= 4 is 17.0 Å². The van der Waals surface area contributed by atoms with Crippen LogP contribution in [0.3, 0.4) is 0 Å². The number of anilines is 1. The van der Waals surface area contributed by atoms with Gasteiger partial charge in [0, 0.05) is 19.7 Å². The molecular formula is C18H21N5O. The molecule has 4 rings (SSSR count). The van der Waals surface area contributed by atoms with E-state index in [1.54, 1.807) is 12.7 Å². The van der Waals surface area contributed by atoms with E-state index in [0.29, 0.717) is 5.65 Å². The summed E-state index contributed by atoms with van der Waals surface area (Å²) < 4.78 is 6.06. The lowest BCUT2D eigenvalue weighted by Gasteiger charge is -2.17. The van der Waals surface area contributed by atoms with Gasteiger partial charge in [0.2, 0.25) is 0 Å². The van der Waals surface area contributed by atoms with E-state index >= 15 is 0 Å². The summed E-state index contributed by atoms with van der Waals surface area (Å²) in [5, 5.41) is 0. The van der Waals surface area contributed by atoms with Crippen LogP contribution in [0.15, 0.2) is 43.0 Å². The molecule has 0 radical (unpaired) electrons. The summed E-state index contributed by atoms with van der Waals surface area (Å²) in [4.78, 5) is 18.2. The normalized spacial score (nSPS) is 17.7. The summed E-state index contributed by atoms with van der Waals surface area (Å²) in [6.07, 6.45) is 6.67. The first-order valence-electron chi connectivity index (χ1n) is 8.45. The predicted molar refractivity (Wildman–Crippen MR) is 93.0 cm³/mol. The van der Waals surface area contributed by atoms with Gasteiger partial charge in [0.25, 0.3) is 0 Å². The minimum atomic E-state index is 0.272. The van der Waals surface area contributed by atoms with Gasteiger partial charge in [-0.3, -0.25) is 0 Å². The highest BCUT2D eigenvalue weighted by atomic mass is 16.5. The van der Waals surface area contributed by atoms with E-state index < -0.39 is 0 Å². The monoisotopic (exact) mass is 323 g/mol. The van der Waals surface area contributed by atoms with Crippen molar-refractivity contribution in [3.05, 3.63) is 48.5 Å². The Morgan fingerprint density at radius 3 is 3.00 bits per heavy atom. The molecule has 1 fully saturated rings. The van der Waals surface area contributed by atoms with Gasteiger partial charge in [-0.25, -0.2) is 15.0 Å². The number of hydrogen-bond donors (Lipinski definition) is 1. The van der Waals surface area contributed by atoms with Gasteiger partial charge >= 0.3 is 0 Å². The second-order valence-corrected chi connectivity index (χ2v) is 6.12. The molecule has 1 aliphatic heterocycles. The Morgan fingerprint density at radius 1 is 1.17 bits per heavy atom. The number of nitrogens with one attached hydrogen (secondary N) is 1. The van der Waals surface area contributed by atoms with E-state index in [1.165, 1.54) is 5.56 Å². The molecule has 3 aromatic rings. The van der Waals surface area contributed by atoms with Crippen LogP contribution in [0.5, 0.6) is 0 Å². The van der Waals surface area contributed by atoms with Crippen molar-refractivity contribution in [2.75, 3.05) is 24.6 Å². The zero-order chi connectivity index (χ0) is 16.2. The molecule has 1 aromatic carbocycles. The van der Waals surface area contributed by atoms with Crippen LogP contribution in [0.25, 0.3) is 11.2 Å². The van der Waals surface area contributed by atoms with E-state index in [0.717, 1.165) is 50.3 Å². The number of aromatic amines is 1. The smallest absolute Gasteiger partial charge is 0.182 e. The lowest BCUT2D eigenvalue weighted by Crippen LogP contribution is -2.24. The van der Waals surface area contributed by atoms with E-state index in [4.69, 9.17) is 4.74 Å².